The van der Waals surface area contributed by atoms with Crippen molar-refractivity contribution in [1.29, 1.82) is 0 Å². The first-order valence-corrected chi connectivity index (χ1v) is 7.79. The molecule has 1 saturated heterocycles. The molecule has 2 aliphatic carbocycles. The van der Waals surface area contributed by atoms with Gasteiger partial charge >= 0.3 is 0 Å². The summed E-state index contributed by atoms with van der Waals surface area (Å²) in [5.41, 5.74) is -4.10. The van der Waals surface area contributed by atoms with Crippen LogP contribution in [0.15, 0.2) is 0 Å². The van der Waals surface area contributed by atoms with Crippen molar-refractivity contribution in [3.8, 4) is 0 Å². The number of rotatable bonds is 1. The first-order chi connectivity index (χ1) is 10.1. The van der Waals surface area contributed by atoms with Crippen molar-refractivity contribution in [2.45, 2.75) is 68.9 Å². The maximum absolute atomic E-state index is 10.9. The van der Waals surface area contributed by atoms with Crippen LogP contribution in [-0.4, -0.2) is 79.0 Å². The summed E-state index contributed by atoms with van der Waals surface area (Å²) in [6, 6.07) is 0. The van der Waals surface area contributed by atoms with Gasteiger partial charge in [0, 0.05) is 5.92 Å². The molecular weight excluding hydrogens is 292 g/mol. The maximum Gasteiger partial charge on any atom is 0.111 e. The van der Waals surface area contributed by atoms with E-state index < -0.39 is 65.6 Å². The first-order valence-electron chi connectivity index (χ1n) is 7.79. The number of aliphatic hydroxyl groups excluding tert-OH is 6. The SMILES string of the molecule is C[C@@H]1C[C@H](O)[C@H](O)[C@@]2(CO)[C@H](O)[C@H](O)[C@@H]3[C@@H](O)[C@]12OC3(C)C. The van der Waals surface area contributed by atoms with Crippen LogP contribution in [0.3, 0.4) is 0 Å². The van der Waals surface area contributed by atoms with Crippen molar-refractivity contribution >= 4 is 0 Å². The van der Waals surface area contributed by atoms with Gasteiger partial charge in [0.1, 0.15) is 5.60 Å². The molecule has 0 aromatic carbocycles. The molecule has 1 aliphatic heterocycles. The molecule has 2 saturated carbocycles. The third-order valence-corrected chi connectivity index (χ3v) is 6.44. The summed E-state index contributed by atoms with van der Waals surface area (Å²) in [5, 5.41) is 62.8. The van der Waals surface area contributed by atoms with Gasteiger partial charge in [-0.25, -0.2) is 0 Å². The molecule has 1 spiro atoms. The highest BCUT2D eigenvalue weighted by atomic mass is 16.6. The van der Waals surface area contributed by atoms with Crippen LogP contribution >= 0.6 is 0 Å². The van der Waals surface area contributed by atoms with Crippen molar-refractivity contribution < 1.29 is 35.4 Å². The predicted octanol–water partition coefficient (Wildman–Crippen LogP) is -2.01. The van der Waals surface area contributed by atoms with Crippen molar-refractivity contribution in [3.05, 3.63) is 0 Å². The summed E-state index contributed by atoms with van der Waals surface area (Å²) in [7, 11) is 0. The Kier molecular flexibility index (Phi) is 3.49. The highest BCUT2D eigenvalue weighted by Crippen LogP contribution is 2.65. The van der Waals surface area contributed by atoms with Crippen LogP contribution in [0.1, 0.15) is 27.2 Å². The predicted molar refractivity (Wildman–Crippen MR) is 74.7 cm³/mol. The molecule has 0 radical (unpaired) electrons. The Bertz CT molecular complexity index is 469. The quantitative estimate of drug-likeness (QED) is 0.329. The fourth-order valence-corrected chi connectivity index (χ4v) is 5.49. The Balaban J connectivity index is 2.27. The van der Waals surface area contributed by atoms with Crippen LogP contribution < -0.4 is 0 Å². The third-order valence-electron chi connectivity index (χ3n) is 6.44. The Morgan fingerprint density at radius 2 is 1.59 bits per heavy atom. The lowest BCUT2D eigenvalue weighted by Crippen LogP contribution is -2.79. The summed E-state index contributed by atoms with van der Waals surface area (Å²) in [6.07, 6.45) is -6.57. The lowest BCUT2D eigenvalue weighted by Gasteiger charge is -2.62. The number of fused-ring (bicyclic) bond motifs is 1. The molecule has 3 aliphatic rings. The minimum Gasteiger partial charge on any atom is -0.395 e. The van der Waals surface area contributed by atoms with Gasteiger partial charge in [-0.05, 0) is 26.2 Å². The second-order valence-electron chi connectivity index (χ2n) is 7.75. The lowest BCUT2D eigenvalue weighted by molar-refractivity contribution is -0.326. The summed E-state index contributed by atoms with van der Waals surface area (Å²) in [5.74, 6) is -1.16. The Morgan fingerprint density at radius 1 is 1.00 bits per heavy atom. The van der Waals surface area contributed by atoms with Crippen LogP contribution in [0.5, 0.6) is 0 Å². The smallest absolute Gasteiger partial charge is 0.111 e. The van der Waals surface area contributed by atoms with E-state index in [9.17, 15) is 30.6 Å². The van der Waals surface area contributed by atoms with Gasteiger partial charge in [-0.3, -0.25) is 0 Å². The molecule has 7 heteroatoms. The minimum absolute atomic E-state index is 0.172. The molecule has 3 rings (SSSR count). The van der Waals surface area contributed by atoms with E-state index in [2.05, 4.69) is 0 Å². The van der Waals surface area contributed by atoms with Gasteiger partial charge in [0.2, 0.25) is 0 Å². The van der Waals surface area contributed by atoms with Gasteiger partial charge in [0.05, 0.1) is 48.1 Å². The number of hydrogen-bond acceptors (Lipinski definition) is 7. The van der Waals surface area contributed by atoms with Gasteiger partial charge in [0.25, 0.3) is 0 Å². The number of hydrogen-bond donors (Lipinski definition) is 6. The van der Waals surface area contributed by atoms with Gasteiger partial charge < -0.3 is 35.4 Å². The van der Waals surface area contributed by atoms with E-state index in [1.807, 2.05) is 0 Å². The first kappa shape index (κ1) is 16.6. The van der Waals surface area contributed by atoms with Crippen molar-refractivity contribution in [3.63, 3.8) is 0 Å². The van der Waals surface area contributed by atoms with Crippen LogP contribution in [-0.2, 0) is 4.74 Å². The average Bonchev–Trinajstić information content (AvgIpc) is 2.61. The molecule has 3 fully saturated rings. The van der Waals surface area contributed by atoms with Gasteiger partial charge in [-0.1, -0.05) is 6.92 Å². The van der Waals surface area contributed by atoms with Gasteiger partial charge in [0.15, 0.2) is 0 Å². The Labute approximate surface area is 129 Å². The second kappa shape index (κ2) is 4.63. The fraction of sp³-hybridized carbons (Fsp3) is 1.00. The Morgan fingerprint density at radius 3 is 2.14 bits per heavy atom. The largest absolute Gasteiger partial charge is 0.395 e. The normalized spacial score (nSPS) is 60.1. The topological polar surface area (TPSA) is 131 Å². The third kappa shape index (κ3) is 1.51. The van der Waals surface area contributed by atoms with Crippen LogP contribution in [0.2, 0.25) is 0 Å². The molecule has 9 atom stereocenters. The second-order valence-corrected chi connectivity index (χ2v) is 7.75. The average molecular weight is 318 g/mol. The molecule has 0 aromatic rings. The van der Waals surface area contributed by atoms with E-state index in [1.54, 1.807) is 20.8 Å². The number of ether oxygens (including phenoxy) is 1. The standard InChI is InChI=1S/C15H26O7/c1-6-4-7(17)10(19)14(5-16)12(21)9(18)8-11(20)15(6,14)22-13(8,2)3/h6-12,16-21H,4-5H2,1-3H3/t6-,7+,8-,9-,10+,11-,12-,14+,15-/m1/s1. The van der Waals surface area contributed by atoms with E-state index in [0.29, 0.717) is 0 Å². The van der Waals surface area contributed by atoms with Gasteiger partial charge in [-0.15, -0.1) is 0 Å². The van der Waals surface area contributed by atoms with Gasteiger partial charge in [-0.2, -0.15) is 0 Å². The minimum atomic E-state index is -1.74. The van der Waals surface area contributed by atoms with Crippen molar-refractivity contribution in [2.24, 2.45) is 17.3 Å². The molecule has 6 N–H and O–H groups in total. The monoisotopic (exact) mass is 318 g/mol. The van der Waals surface area contributed by atoms with E-state index in [-0.39, 0.29) is 6.42 Å². The van der Waals surface area contributed by atoms with E-state index >= 15 is 0 Å². The maximum atomic E-state index is 10.9. The molecular formula is C15H26O7. The van der Waals surface area contributed by atoms with E-state index in [1.165, 1.54) is 0 Å². The molecule has 0 amide bonds. The number of aliphatic hydroxyl groups is 6. The van der Waals surface area contributed by atoms with Crippen LogP contribution in [0.25, 0.3) is 0 Å². The molecule has 0 unspecified atom stereocenters. The zero-order valence-corrected chi connectivity index (χ0v) is 13.0. The Hall–Kier alpha value is -0.280. The van der Waals surface area contributed by atoms with Crippen LogP contribution in [0.4, 0.5) is 0 Å². The molecule has 2 bridgehead atoms. The molecule has 128 valence electrons. The highest BCUT2D eigenvalue weighted by Gasteiger charge is 2.80. The zero-order valence-electron chi connectivity index (χ0n) is 13.0. The molecule has 22 heavy (non-hydrogen) atoms. The lowest BCUT2D eigenvalue weighted by atomic mass is 9.47. The zero-order chi connectivity index (χ0) is 16.7. The highest BCUT2D eigenvalue weighted by molar-refractivity contribution is 5.28. The summed E-state index contributed by atoms with van der Waals surface area (Å²) in [6.45, 7) is 4.46. The van der Waals surface area contributed by atoms with Crippen molar-refractivity contribution in [1.82, 2.24) is 0 Å². The van der Waals surface area contributed by atoms with E-state index in [0.717, 1.165) is 0 Å². The summed E-state index contributed by atoms with van der Waals surface area (Å²) in [4.78, 5) is 0. The van der Waals surface area contributed by atoms with Crippen molar-refractivity contribution in [2.75, 3.05) is 6.61 Å². The van der Waals surface area contributed by atoms with E-state index in [4.69, 9.17) is 4.74 Å². The molecule has 1 heterocycles. The molecule has 7 nitrogen and oxygen atoms in total. The summed E-state index contributed by atoms with van der Waals surface area (Å²) >= 11 is 0. The fourth-order valence-electron chi connectivity index (χ4n) is 5.49. The summed E-state index contributed by atoms with van der Waals surface area (Å²) < 4.78 is 6.14. The van der Waals surface area contributed by atoms with Crippen LogP contribution in [0, 0.1) is 17.3 Å². The molecule has 0 aromatic heterocycles.